The van der Waals surface area contributed by atoms with Gasteiger partial charge in [0.15, 0.2) is 0 Å². The highest BCUT2D eigenvalue weighted by molar-refractivity contribution is 4.86. The van der Waals surface area contributed by atoms with Crippen molar-refractivity contribution >= 4 is 0 Å². The zero-order valence-electron chi connectivity index (χ0n) is 12.3. The number of methoxy groups -OCH3 is 1. The Balaban J connectivity index is 2.40. The van der Waals surface area contributed by atoms with Crippen LogP contribution in [0.2, 0.25) is 0 Å². The molecule has 0 aromatic heterocycles. The fourth-order valence-electron chi connectivity index (χ4n) is 2.96. The summed E-state index contributed by atoms with van der Waals surface area (Å²) >= 11 is 0. The van der Waals surface area contributed by atoms with E-state index in [2.05, 4.69) is 37.5 Å². The van der Waals surface area contributed by atoms with E-state index in [4.69, 9.17) is 4.74 Å². The molecule has 0 N–H and O–H groups in total. The van der Waals surface area contributed by atoms with Crippen LogP contribution in [0.4, 0.5) is 0 Å². The van der Waals surface area contributed by atoms with Gasteiger partial charge in [-0.15, -0.1) is 0 Å². The summed E-state index contributed by atoms with van der Waals surface area (Å²) < 4.78 is 5.14. The van der Waals surface area contributed by atoms with Crippen LogP contribution >= 0.6 is 0 Å². The van der Waals surface area contributed by atoms with E-state index in [0.29, 0.717) is 5.54 Å². The van der Waals surface area contributed by atoms with E-state index >= 15 is 0 Å². The molecule has 0 bridgehead atoms. The van der Waals surface area contributed by atoms with Gasteiger partial charge >= 0.3 is 0 Å². The van der Waals surface area contributed by atoms with Crippen LogP contribution in [-0.2, 0) is 4.74 Å². The normalized spacial score (nSPS) is 20.1. The van der Waals surface area contributed by atoms with Gasteiger partial charge in [-0.2, -0.15) is 0 Å². The van der Waals surface area contributed by atoms with Crippen molar-refractivity contribution in [3.8, 4) is 0 Å². The fraction of sp³-hybridized carbons (Fsp3) is 1.00. The Morgan fingerprint density at radius 2 is 1.82 bits per heavy atom. The minimum Gasteiger partial charge on any atom is -0.383 e. The van der Waals surface area contributed by atoms with Gasteiger partial charge in [0.2, 0.25) is 0 Å². The molecular weight excluding hydrogens is 212 g/mol. The van der Waals surface area contributed by atoms with Gasteiger partial charge in [0.1, 0.15) is 0 Å². The molecule has 0 aromatic rings. The molecule has 0 atom stereocenters. The molecule has 0 radical (unpaired) electrons. The average Bonchev–Trinajstić information content (AvgIpc) is 2.27. The molecule has 3 heteroatoms. The number of likely N-dealkylation sites (tertiary alicyclic amines) is 1. The van der Waals surface area contributed by atoms with E-state index in [9.17, 15) is 0 Å². The Kier molecular flexibility index (Phi) is 5.90. The van der Waals surface area contributed by atoms with E-state index in [1.54, 1.807) is 7.11 Å². The number of ether oxygens (including phenoxy) is 1. The second kappa shape index (κ2) is 6.72. The van der Waals surface area contributed by atoms with Crippen molar-refractivity contribution in [2.45, 2.75) is 52.1 Å². The predicted molar refractivity (Wildman–Crippen MR) is 73.5 cm³/mol. The smallest absolute Gasteiger partial charge is 0.0589 e. The van der Waals surface area contributed by atoms with E-state index < -0.39 is 0 Å². The predicted octanol–water partition coefficient (Wildman–Crippen LogP) is 2.22. The van der Waals surface area contributed by atoms with Crippen LogP contribution < -0.4 is 0 Å². The van der Waals surface area contributed by atoms with Crippen LogP contribution in [0.3, 0.4) is 0 Å². The van der Waals surface area contributed by atoms with Crippen LogP contribution in [0.1, 0.15) is 40.5 Å². The second-order valence-electron chi connectivity index (χ2n) is 6.02. The van der Waals surface area contributed by atoms with Gasteiger partial charge in [-0.1, -0.05) is 6.92 Å². The topological polar surface area (TPSA) is 15.7 Å². The fourth-order valence-corrected chi connectivity index (χ4v) is 2.96. The molecule has 1 aliphatic rings. The molecule has 0 aromatic carbocycles. The second-order valence-corrected chi connectivity index (χ2v) is 6.02. The largest absolute Gasteiger partial charge is 0.383 e. The minimum absolute atomic E-state index is 0.300. The Morgan fingerprint density at radius 1 is 1.24 bits per heavy atom. The Hall–Kier alpha value is -0.120. The molecule has 1 rings (SSSR count). The molecular formula is C14H30N2O. The molecule has 3 nitrogen and oxygen atoms in total. The molecule has 0 spiro atoms. The number of hydrogen-bond donors (Lipinski definition) is 0. The SMILES string of the molecule is CCN(C1CCN(CCOC)CC1)C(C)(C)C. The molecule has 1 saturated heterocycles. The maximum atomic E-state index is 5.14. The molecule has 0 amide bonds. The lowest BCUT2D eigenvalue weighted by Gasteiger charge is -2.44. The first-order chi connectivity index (χ1) is 7.99. The number of rotatable bonds is 5. The Bertz CT molecular complexity index is 205. The number of piperidine rings is 1. The minimum atomic E-state index is 0.300. The molecule has 0 saturated carbocycles. The quantitative estimate of drug-likeness (QED) is 0.735. The van der Waals surface area contributed by atoms with Gasteiger partial charge in [0.25, 0.3) is 0 Å². The van der Waals surface area contributed by atoms with Crippen molar-refractivity contribution in [1.29, 1.82) is 0 Å². The maximum Gasteiger partial charge on any atom is 0.0589 e. The van der Waals surface area contributed by atoms with Gasteiger partial charge in [-0.3, -0.25) is 4.90 Å². The number of nitrogens with zero attached hydrogens (tertiary/aromatic N) is 2. The van der Waals surface area contributed by atoms with E-state index in [1.807, 2.05) is 0 Å². The highest BCUT2D eigenvalue weighted by Gasteiger charge is 2.30. The molecule has 0 aliphatic carbocycles. The lowest BCUT2D eigenvalue weighted by molar-refractivity contribution is 0.0382. The lowest BCUT2D eigenvalue weighted by atomic mass is 9.96. The van der Waals surface area contributed by atoms with Crippen molar-refractivity contribution in [3.63, 3.8) is 0 Å². The highest BCUT2D eigenvalue weighted by Crippen LogP contribution is 2.23. The van der Waals surface area contributed by atoms with Crippen LogP contribution in [0.25, 0.3) is 0 Å². The standard InChI is InChI=1S/C14H30N2O/c1-6-16(14(2,3)4)13-7-9-15(10-8-13)11-12-17-5/h13H,6-12H2,1-5H3. The van der Waals surface area contributed by atoms with Crippen molar-refractivity contribution in [3.05, 3.63) is 0 Å². The van der Waals surface area contributed by atoms with E-state index in [1.165, 1.54) is 25.9 Å². The van der Waals surface area contributed by atoms with E-state index in [-0.39, 0.29) is 0 Å². The van der Waals surface area contributed by atoms with Crippen molar-refractivity contribution < 1.29 is 4.74 Å². The molecule has 1 fully saturated rings. The lowest BCUT2D eigenvalue weighted by Crippen LogP contribution is -2.52. The highest BCUT2D eigenvalue weighted by atomic mass is 16.5. The molecule has 102 valence electrons. The van der Waals surface area contributed by atoms with Crippen molar-refractivity contribution in [1.82, 2.24) is 9.80 Å². The first kappa shape index (κ1) is 14.9. The summed E-state index contributed by atoms with van der Waals surface area (Å²) in [6.07, 6.45) is 2.60. The third-order valence-corrected chi connectivity index (χ3v) is 3.81. The molecule has 1 heterocycles. The van der Waals surface area contributed by atoms with E-state index in [0.717, 1.165) is 25.7 Å². The van der Waals surface area contributed by atoms with Crippen LogP contribution in [0.15, 0.2) is 0 Å². The summed E-state index contributed by atoms with van der Waals surface area (Å²) in [7, 11) is 1.78. The third kappa shape index (κ3) is 4.57. The third-order valence-electron chi connectivity index (χ3n) is 3.81. The molecule has 17 heavy (non-hydrogen) atoms. The van der Waals surface area contributed by atoms with Gasteiger partial charge in [0.05, 0.1) is 6.61 Å². The van der Waals surface area contributed by atoms with Crippen LogP contribution in [-0.4, -0.2) is 61.3 Å². The summed E-state index contributed by atoms with van der Waals surface area (Å²) in [5.41, 5.74) is 0.300. The van der Waals surface area contributed by atoms with Crippen molar-refractivity contribution in [2.75, 3.05) is 39.9 Å². The summed E-state index contributed by atoms with van der Waals surface area (Å²) in [5.74, 6) is 0. The van der Waals surface area contributed by atoms with Gasteiger partial charge in [-0.05, 0) is 53.2 Å². The van der Waals surface area contributed by atoms with Crippen LogP contribution in [0, 0.1) is 0 Å². The average molecular weight is 242 g/mol. The van der Waals surface area contributed by atoms with Gasteiger partial charge in [0, 0.05) is 25.2 Å². The zero-order chi connectivity index (χ0) is 12.9. The van der Waals surface area contributed by atoms with Crippen LogP contribution in [0.5, 0.6) is 0 Å². The summed E-state index contributed by atoms with van der Waals surface area (Å²) in [6, 6.07) is 0.763. The first-order valence-electron chi connectivity index (χ1n) is 6.97. The molecule has 1 aliphatic heterocycles. The molecule has 0 unspecified atom stereocenters. The Morgan fingerprint density at radius 3 is 2.24 bits per heavy atom. The summed E-state index contributed by atoms with van der Waals surface area (Å²) in [4.78, 5) is 5.18. The Labute approximate surface area is 107 Å². The summed E-state index contributed by atoms with van der Waals surface area (Å²) in [5, 5.41) is 0. The van der Waals surface area contributed by atoms with Gasteiger partial charge < -0.3 is 9.64 Å². The first-order valence-corrected chi connectivity index (χ1v) is 6.97. The van der Waals surface area contributed by atoms with Crippen molar-refractivity contribution in [2.24, 2.45) is 0 Å². The monoisotopic (exact) mass is 242 g/mol. The zero-order valence-corrected chi connectivity index (χ0v) is 12.3. The maximum absolute atomic E-state index is 5.14. The number of hydrogen-bond acceptors (Lipinski definition) is 3. The summed E-state index contributed by atoms with van der Waals surface area (Å²) in [6.45, 7) is 14.8. The van der Waals surface area contributed by atoms with Gasteiger partial charge in [-0.25, -0.2) is 0 Å².